The zero-order valence-corrected chi connectivity index (χ0v) is 8.79. The molecular formula is C10H11N5O. The normalized spacial score (nSPS) is 17.2. The van der Waals surface area contributed by atoms with Crippen molar-refractivity contribution < 1.29 is 4.84 Å². The molecule has 2 N–H and O–H groups in total. The van der Waals surface area contributed by atoms with E-state index in [4.69, 9.17) is 10.6 Å². The molecule has 16 heavy (non-hydrogen) atoms. The summed E-state index contributed by atoms with van der Waals surface area (Å²) >= 11 is 0. The Morgan fingerprint density at radius 3 is 3.19 bits per heavy atom. The lowest BCUT2D eigenvalue weighted by molar-refractivity contribution is -0.0790. The third-order valence-corrected chi connectivity index (χ3v) is 2.62. The van der Waals surface area contributed by atoms with E-state index in [1.807, 2.05) is 11.1 Å². The molecular weight excluding hydrogens is 206 g/mol. The Morgan fingerprint density at radius 2 is 2.38 bits per heavy atom. The zero-order valence-electron chi connectivity index (χ0n) is 8.79. The molecule has 6 nitrogen and oxygen atoms in total. The van der Waals surface area contributed by atoms with Gasteiger partial charge in [0.2, 0.25) is 0 Å². The molecule has 0 fully saturated rings. The standard InChI is InChI=1S/C10H11N5O/c1-16-14-5-7-4-13-9-8(11)2-3-12-10(9)15(7)6-14/h2-5H,6H2,1H3,(H2,11,12). The van der Waals surface area contributed by atoms with Gasteiger partial charge in [-0.3, -0.25) is 4.84 Å². The largest absolute Gasteiger partial charge is 0.397 e. The van der Waals surface area contributed by atoms with Gasteiger partial charge in [-0.25, -0.2) is 15.0 Å². The van der Waals surface area contributed by atoms with Gasteiger partial charge < -0.3 is 10.6 Å². The van der Waals surface area contributed by atoms with E-state index in [9.17, 15) is 0 Å². The van der Waals surface area contributed by atoms with E-state index in [2.05, 4.69) is 9.98 Å². The lowest BCUT2D eigenvalue weighted by atomic mass is 10.2. The van der Waals surface area contributed by atoms with Crippen LogP contribution in [-0.4, -0.2) is 30.0 Å². The minimum absolute atomic E-state index is 0.599. The smallest absolute Gasteiger partial charge is 0.162 e. The first-order valence-electron chi connectivity index (χ1n) is 4.88. The van der Waals surface area contributed by atoms with Gasteiger partial charge in [0.05, 0.1) is 30.9 Å². The molecule has 0 spiro atoms. The number of pyridine rings is 1. The van der Waals surface area contributed by atoms with Gasteiger partial charge in [0.1, 0.15) is 12.4 Å². The highest BCUT2D eigenvalue weighted by Gasteiger charge is 2.28. The van der Waals surface area contributed by atoms with Crippen molar-refractivity contribution in [3.63, 3.8) is 0 Å². The van der Waals surface area contributed by atoms with E-state index < -0.39 is 0 Å². The Morgan fingerprint density at radius 1 is 1.50 bits per heavy atom. The summed E-state index contributed by atoms with van der Waals surface area (Å²) in [4.78, 5) is 15.7. The van der Waals surface area contributed by atoms with Crippen LogP contribution in [0.25, 0.3) is 0 Å². The Kier molecular flexibility index (Phi) is 1.84. The maximum Gasteiger partial charge on any atom is 0.162 e. The molecule has 6 heteroatoms. The van der Waals surface area contributed by atoms with Gasteiger partial charge in [0.25, 0.3) is 0 Å². The van der Waals surface area contributed by atoms with E-state index >= 15 is 0 Å². The lowest BCUT2D eigenvalue weighted by Crippen LogP contribution is -2.28. The predicted octanol–water partition coefficient (Wildman–Crippen LogP) is 0.862. The van der Waals surface area contributed by atoms with Gasteiger partial charge >= 0.3 is 0 Å². The van der Waals surface area contributed by atoms with Crippen molar-refractivity contribution >= 4 is 23.4 Å². The van der Waals surface area contributed by atoms with Crippen LogP contribution in [0.2, 0.25) is 0 Å². The number of hydrogen-bond acceptors (Lipinski definition) is 6. The van der Waals surface area contributed by atoms with Crippen LogP contribution < -0.4 is 10.6 Å². The predicted molar refractivity (Wildman–Crippen MR) is 61.1 cm³/mol. The van der Waals surface area contributed by atoms with Crippen LogP contribution in [0.3, 0.4) is 0 Å². The summed E-state index contributed by atoms with van der Waals surface area (Å²) in [5.41, 5.74) is 8.15. The van der Waals surface area contributed by atoms with Crippen LogP contribution in [0, 0.1) is 0 Å². The number of nitrogens with zero attached hydrogens (tertiary/aromatic N) is 4. The first kappa shape index (κ1) is 9.17. The van der Waals surface area contributed by atoms with Gasteiger partial charge in [0, 0.05) is 6.20 Å². The Bertz CT molecular complexity index is 496. The van der Waals surface area contributed by atoms with E-state index in [0.29, 0.717) is 12.4 Å². The summed E-state index contributed by atoms with van der Waals surface area (Å²) in [6.45, 7) is 0.599. The maximum absolute atomic E-state index is 5.85. The number of rotatable bonds is 1. The Hall–Kier alpha value is -2.08. The molecule has 0 aromatic carbocycles. The Balaban J connectivity index is 2.08. The van der Waals surface area contributed by atoms with Crippen LogP contribution in [-0.2, 0) is 4.84 Å². The first-order valence-corrected chi connectivity index (χ1v) is 4.88. The molecule has 1 aromatic heterocycles. The van der Waals surface area contributed by atoms with Gasteiger partial charge in [-0.05, 0) is 6.07 Å². The first-order chi connectivity index (χ1) is 7.79. The van der Waals surface area contributed by atoms with Crippen LogP contribution in [0.1, 0.15) is 0 Å². The SMILES string of the molecule is CON1C=C2C=Nc3c(N)ccnc3N2C1. The fraction of sp³-hybridized carbons (Fsp3) is 0.200. The molecule has 1 aromatic rings. The average molecular weight is 217 g/mol. The minimum atomic E-state index is 0.599. The number of aliphatic imine (C=N–C) groups is 1. The van der Waals surface area contributed by atoms with E-state index in [0.717, 1.165) is 17.2 Å². The second-order valence-corrected chi connectivity index (χ2v) is 3.55. The molecule has 3 heterocycles. The molecule has 3 rings (SSSR count). The number of anilines is 2. The number of fused-ring (bicyclic) bond motifs is 3. The fourth-order valence-corrected chi connectivity index (χ4v) is 1.80. The molecule has 0 atom stereocenters. The summed E-state index contributed by atoms with van der Waals surface area (Å²) in [6, 6.07) is 1.75. The Labute approximate surface area is 92.6 Å². The number of hydrogen-bond donors (Lipinski definition) is 1. The van der Waals surface area contributed by atoms with Crippen LogP contribution in [0.4, 0.5) is 17.2 Å². The van der Waals surface area contributed by atoms with Crippen LogP contribution >= 0.6 is 0 Å². The number of hydroxylamine groups is 2. The third-order valence-electron chi connectivity index (χ3n) is 2.62. The molecule has 0 aliphatic carbocycles. The van der Waals surface area contributed by atoms with Crippen molar-refractivity contribution in [3.05, 3.63) is 24.2 Å². The summed E-state index contributed by atoms with van der Waals surface area (Å²) in [5.74, 6) is 0.772. The average Bonchev–Trinajstić information content (AvgIpc) is 2.72. The number of nitrogens with two attached hydrogens (primary N) is 1. The quantitative estimate of drug-likeness (QED) is 0.755. The van der Waals surface area contributed by atoms with Gasteiger partial charge in [0.15, 0.2) is 5.82 Å². The highest BCUT2D eigenvalue weighted by Crippen LogP contribution is 2.38. The fourth-order valence-electron chi connectivity index (χ4n) is 1.80. The van der Waals surface area contributed by atoms with Gasteiger partial charge in [-0.1, -0.05) is 0 Å². The van der Waals surface area contributed by atoms with Gasteiger partial charge in [-0.15, -0.1) is 0 Å². The summed E-state index contributed by atoms with van der Waals surface area (Å²) in [5, 5.41) is 1.71. The van der Waals surface area contributed by atoms with E-state index in [-0.39, 0.29) is 0 Å². The molecule has 2 aliphatic rings. The van der Waals surface area contributed by atoms with Crippen LogP contribution in [0.5, 0.6) is 0 Å². The molecule has 0 bridgehead atoms. The van der Waals surface area contributed by atoms with E-state index in [1.54, 1.807) is 30.7 Å². The van der Waals surface area contributed by atoms with Crippen molar-refractivity contribution in [1.29, 1.82) is 0 Å². The van der Waals surface area contributed by atoms with Crippen LogP contribution in [0.15, 0.2) is 29.2 Å². The van der Waals surface area contributed by atoms with Crippen molar-refractivity contribution in [1.82, 2.24) is 10.0 Å². The maximum atomic E-state index is 5.85. The lowest BCUT2D eigenvalue weighted by Gasteiger charge is -2.24. The van der Waals surface area contributed by atoms with Crippen molar-refractivity contribution in [2.45, 2.75) is 0 Å². The second kappa shape index (κ2) is 3.21. The number of allylic oxidation sites excluding steroid dienone is 1. The van der Waals surface area contributed by atoms with Crippen molar-refractivity contribution in [3.8, 4) is 0 Å². The molecule has 0 saturated carbocycles. The van der Waals surface area contributed by atoms with Crippen molar-refractivity contribution in [2.75, 3.05) is 24.4 Å². The summed E-state index contributed by atoms with van der Waals surface area (Å²) in [6.07, 6.45) is 5.32. The summed E-state index contributed by atoms with van der Waals surface area (Å²) in [7, 11) is 1.63. The molecule has 82 valence electrons. The second-order valence-electron chi connectivity index (χ2n) is 3.55. The molecule has 0 unspecified atom stereocenters. The summed E-state index contributed by atoms with van der Waals surface area (Å²) < 4.78 is 0. The molecule has 0 saturated heterocycles. The minimum Gasteiger partial charge on any atom is -0.397 e. The highest BCUT2D eigenvalue weighted by atomic mass is 16.7. The molecule has 0 amide bonds. The zero-order chi connectivity index (χ0) is 11.1. The van der Waals surface area contributed by atoms with Gasteiger partial charge in [-0.2, -0.15) is 0 Å². The molecule has 2 aliphatic heterocycles. The topological polar surface area (TPSA) is 67.0 Å². The van der Waals surface area contributed by atoms with E-state index in [1.165, 1.54) is 0 Å². The number of aromatic nitrogens is 1. The number of nitrogen functional groups attached to an aromatic ring is 1. The monoisotopic (exact) mass is 217 g/mol. The molecule has 0 radical (unpaired) electrons. The third kappa shape index (κ3) is 1.17. The van der Waals surface area contributed by atoms with Crippen molar-refractivity contribution in [2.24, 2.45) is 4.99 Å². The highest BCUT2D eigenvalue weighted by molar-refractivity contribution is 5.95.